The lowest BCUT2D eigenvalue weighted by molar-refractivity contribution is 0.0954. The Hall–Kier alpha value is -2.60. The smallest absolute Gasteiger partial charge is 0.261 e. The molecule has 0 heterocycles. The molecule has 0 spiro atoms. The standard InChI is InChI=1S/C19H22N2O3S/c1-3-4-5-14-20-19(22)16-8-12-18(13-9-16)25(23,24)21-17-10-6-15(2)7-11-17/h3-4,6-13,21H,5,14H2,1-2H3,(H,20,22)/b4-3+. The number of benzene rings is 2. The number of anilines is 1. The molecule has 5 nitrogen and oxygen atoms in total. The molecule has 0 bridgehead atoms. The van der Waals surface area contributed by atoms with Gasteiger partial charge in [0.2, 0.25) is 0 Å². The minimum atomic E-state index is -3.68. The molecule has 0 aliphatic carbocycles. The zero-order chi connectivity index (χ0) is 18.3. The van der Waals surface area contributed by atoms with E-state index in [-0.39, 0.29) is 10.8 Å². The van der Waals surface area contributed by atoms with Gasteiger partial charge in [0.1, 0.15) is 0 Å². The Kier molecular flexibility index (Phi) is 6.36. The summed E-state index contributed by atoms with van der Waals surface area (Å²) in [6.45, 7) is 4.39. The first kappa shape index (κ1) is 18.7. The highest BCUT2D eigenvalue weighted by Crippen LogP contribution is 2.17. The second-order valence-corrected chi connectivity index (χ2v) is 7.29. The van der Waals surface area contributed by atoms with Crippen molar-refractivity contribution in [3.63, 3.8) is 0 Å². The molecule has 2 aromatic rings. The van der Waals surface area contributed by atoms with E-state index in [2.05, 4.69) is 10.0 Å². The molecule has 0 aliphatic rings. The number of hydrogen-bond donors (Lipinski definition) is 2. The molecule has 0 radical (unpaired) electrons. The number of hydrogen-bond acceptors (Lipinski definition) is 3. The van der Waals surface area contributed by atoms with Gasteiger partial charge in [-0.3, -0.25) is 9.52 Å². The molecule has 25 heavy (non-hydrogen) atoms. The van der Waals surface area contributed by atoms with E-state index < -0.39 is 10.0 Å². The van der Waals surface area contributed by atoms with Crippen LogP contribution in [0.15, 0.2) is 65.6 Å². The van der Waals surface area contributed by atoms with Gasteiger partial charge in [-0.15, -0.1) is 0 Å². The molecule has 2 aromatic carbocycles. The highest BCUT2D eigenvalue weighted by atomic mass is 32.2. The number of amides is 1. The van der Waals surface area contributed by atoms with Crippen LogP contribution >= 0.6 is 0 Å². The zero-order valence-electron chi connectivity index (χ0n) is 14.3. The maximum absolute atomic E-state index is 12.4. The van der Waals surface area contributed by atoms with E-state index in [1.807, 2.05) is 38.1 Å². The van der Waals surface area contributed by atoms with Crippen LogP contribution in [0.4, 0.5) is 5.69 Å². The summed E-state index contributed by atoms with van der Waals surface area (Å²) in [5.74, 6) is -0.222. The summed E-state index contributed by atoms with van der Waals surface area (Å²) >= 11 is 0. The number of carbonyl (C=O) groups excluding carboxylic acids is 1. The van der Waals surface area contributed by atoms with Crippen LogP contribution in [-0.2, 0) is 10.0 Å². The lowest BCUT2D eigenvalue weighted by atomic mass is 10.2. The second-order valence-electron chi connectivity index (χ2n) is 5.61. The largest absolute Gasteiger partial charge is 0.352 e. The molecule has 0 fully saturated rings. The first-order chi connectivity index (χ1) is 11.9. The number of carbonyl (C=O) groups is 1. The Labute approximate surface area is 148 Å². The van der Waals surface area contributed by atoms with Crippen LogP contribution in [0.2, 0.25) is 0 Å². The van der Waals surface area contributed by atoms with Crippen LogP contribution < -0.4 is 10.0 Å². The third kappa shape index (κ3) is 5.46. The van der Waals surface area contributed by atoms with E-state index in [1.165, 1.54) is 24.3 Å². The van der Waals surface area contributed by atoms with E-state index >= 15 is 0 Å². The van der Waals surface area contributed by atoms with E-state index in [0.29, 0.717) is 17.8 Å². The molecule has 0 aliphatic heterocycles. The molecule has 1 amide bonds. The molecule has 2 N–H and O–H groups in total. The number of nitrogens with one attached hydrogen (secondary N) is 2. The molecule has 0 saturated carbocycles. The quantitative estimate of drug-likeness (QED) is 0.588. The fourth-order valence-electron chi connectivity index (χ4n) is 2.16. The summed E-state index contributed by atoms with van der Waals surface area (Å²) < 4.78 is 27.3. The minimum Gasteiger partial charge on any atom is -0.352 e. The fourth-order valence-corrected chi connectivity index (χ4v) is 3.22. The van der Waals surface area contributed by atoms with Gasteiger partial charge in [-0.2, -0.15) is 0 Å². The van der Waals surface area contributed by atoms with Gasteiger partial charge in [0.05, 0.1) is 4.90 Å². The summed E-state index contributed by atoms with van der Waals surface area (Å²) in [6.07, 6.45) is 4.65. The molecular formula is C19H22N2O3S. The van der Waals surface area contributed by atoms with E-state index in [0.717, 1.165) is 12.0 Å². The third-order valence-corrected chi connectivity index (χ3v) is 4.96. The van der Waals surface area contributed by atoms with Gasteiger partial charge in [-0.1, -0.05) is 29.8 Å². The predicted molar refractivity (Wildman–Crippen MR) is 100 cm³/mol. The lowest BCUT2D eigenvalue weighted by Crippen LogP contribution is -2.24. The summed E-state index contributed by atoms with van der Waals surface area (Å²) in [4.78, 5) is 12.1. The zero-order valence-corrected chi connectivity index (χ0v) is 15.1. The Bertz CT molecular complexity index is 839. The van der Waals surface area contributed by atoms with Crippen molar-refractivity contribution >= 4 is 21.6 Å². The SMILES string of the molecule is C/C=C/CCNC(=O)c1ccc(S(=O)(=O)Nc2ccc(C)cc2)cc1. The van der Waals surface area contributed by atoms with Crippen molar-refractivity contribution in [1.82, 2.24) is 5.32 Å². The molecule has 0 saturated heterocycles. The van der Waals surface area contributed by atoms with E-state index in [9.17, 15) is 13.2 Å². The monoisotopic (exact) mass is 358 g/mol. The number of allylic oxidation sites excluding steroid dienone is 1. The Balaban J connectivity index is 2.05. The van der Waals surface area contributed by atoms with Crippen LogP contribution in [0, 0.1) is 6.92 Å². The molecule has 2 rings (SSSR count). The van der Waals surface area contributed by atoms with Crippen molar-refractivity contribution in [1.29, 1.82) is 0 Å². The summed E-state index contributed by atoms with van der Waals surface area (Å²) in [6, 6.07) is 13.0. The maximum Gasteiger partial charge on any atom is 0.261 e. The van der Waals surface area contributed by atoms with Crippen LogP contribution in [0.5, 0.6) is 0 Å². The predicted octanol–water partition coefficient (Wildman–Crippen LogP) is 3.49. The van der Waals surface area contributed by atoms with Gasteiger partial charge in [0, 0.05) is 17.8 Å². The van der Waals surface area contributed by atoms with E-state index in [4.69, 9.17) is 0 Å². The molecule has 0 unspecified atom stereocenters. The highest BCUT2D eigenvalue weighted by Gasteiger charge is 2.15. The number of sulfonamides is 1. The maximum atomic E-state index is 12.4. The normalized spacial score (nSPS) is 11.4. The first-order valence-corrected chi connectivity index (χ1v) is 9.49. The van der Waals surface area contributed by atoms with Gasteiger partial charge in [0.25, 0.3) is 15.9 Å². The molecule has 6 heteroatoms. The third-order valence-electron chi connectivity index (χ3n) is 3.56. The van der Waals surface area contributed by atoms with Crippen molar-refractivity contribution < 1.29 is 13.2 Å². The van der Waals surface area contributed by atoms with Crippen molar-refractivity contribution in [2.24, 2.45) is 0 Å². The number of rotatable bonds is 7. The molecular weight excluding hydrogens is 336 g/mol. The van der Waals surface area contributed by atoms with Crippen LogP contribution in [0.3, 0.4) is 0 Å². The van der Waals surface area contributed by atoms with Gasteiger partial charge < -0.3 is 5.32 Å². The second kappa shape index (κ2) is 8.48. The lowest BCUT2D eigenvalue weighted by Gasteiger charge is -2.09. The van der Waals surface area contributed by atoms with Crippen molar-refractivity contribution in [3.05, 3.63) is 71.8 Å². The summed E-state index contributed by atoms with van der Waals surface area (Å²) in [5, 5.41) is 2.78. The summed E-state index contributed by atoms with van der Waals surface area (Å²) in [7, 11) is -3.68. The van der Waals surface area contributed by atoms with Crippen LogP contribution in [-0.4, -0.2) is 20.9 Å². The number of aryl methyl sites for hydroxylation is 1. The molecule has 0 atom stereocenters. The van der Waals surface area contributed by atoms with Gasteiger partial charge in [0.15, 0.2) is 0 Å². The minimum absolute atomic E-state index is 0.110. The van der Waals surface area contributed by atoms with Gasteiger partial charge in [-0.05, 0) is 56.7 Å². The fraction of sp³-hybridized carbons (Fsp3) is 0.211. The Morgan fingerprint density at radius 2 is 1.68 bits per heavy atom. The van der Waals surface area contributed by atoms with Crippen molar-refractivity contribution in [2.75, 3.05) is 11.3 Å². The van der Waals surface area contributed by atoms with E-state index in [1.54, 1.807) is 12.1 Å². The van der Waals surface area contributed by atoms with Crippen molar-refractivity contribution in [2.45, 2.75) is 25.2 Å². The first-order valence-electron chi connectivity index (χ1n) is 8.01. The Morgan fingerprint density at radius 1 is 1.04 bits per heavy atom. The average Bonchev–Trinajstić information content (AvgIpc) is 2.60. The van der Waals surface area contributed by atoms with Gasteiger partial charge in [-0.25, -0.2) is 8.42 Å². The Morgan fingerprint density at radius 3 is 2.28 bits per heavy atom. The highest BCUT2D eigenvalue weighted by molar-refractivity contribution is 7.92. The van der Waals surface area contributed by atoms with Gasteiger partial charge >= 0.3 is 0 Å². The summed E-state index contributed by atoms with van der Waals surface area (Å²) in [5.41, 5.74) is 1.97. The molecule has 132 valence electrons. The van der Waals surface area contributed by atoms with Crippen LogP contribution in [0.1, 0.15) is 29.3 Å². The molecule has 0 aromatic heterocycles. The average molecular weight is 358 g/mol. The van der Waals surface area contributed by atoms with Crippen LogP contribution in [0.25, 0.3) is 0 Å². The topological polar surface area (TPSA) is 75.3 Å². The van der Waals surface area contributed by atoms with Crippen molar-refractivity contribution in [3.8, 4) is 0 Å².